The molecular formula is C16H8Cl2N2O2S. The minimum absolute atomic E-state index is 0.0124. The number of nitriles is 1. The molecule has 1 aromatic heterocycles. The number of rotatable bonds is 2. The Hall–Kier alpha value is -2.13. The predicted molar refractivity (Wildman–Crippen MR) is 88.4 cm³/mol. The number of hydrogen-bond donors (Lipinski definition) is 0. The first-order valence-electron chi connectivity index (χ1n) is 6.42. The molecule has 3 rings (SSSR count). The summed E-state index contributed by atoms with van der Waals surface area (Å²) in [6.45, 7) is 0. The largest absolute Gasteiger partial charge is 0.255 e. The van der Waals surface area contributed by atoms with E-state index in [4.69, 9.17) is 28.5 Å². The van der Waals surface area contributed by atoms with Crippen LogP contribution < -0.4 is 0 Å². The average molecular weight is 363 g/mol. The van der Waals surface area contributed by atoms with Crippen molar-refractivity contribution < 1.29 is 8.42 Å². The molecule has 114 valence electrons. The summed E-state index contributed by atoms with van der Waals surface area (Å²) in [6.07, 6.45) is 1.22. The number of hydrogen-bond acceptors (Lipinski definition) is 4. The highest BCUT2D eigenvalue weighted by atomic mass is 35.5. The smallest absolute Gasteiger partial charge is 0.209 e. The van der Waals surface area contributed by atoms with Gasteiger partial charge in [0.05, 0.1) is 27.1 Å². The molecule has 0 fully saturated rings. The van der Waals surface area contributed by atoms with Gasteiger partial charge in [-0.1, -0.05) is 29.3 Å². The van der Waals surface area contributed by atoms with Crippen LogP contribution in [0.3, 0.4) is 0 Å². The van der Waals surface area contributed by atoms with Crippen molar-refractivity contribution in [3.63, 3.8) is 0 Å². The Kier molecular flexibility index (Phi) is 3.99. The van der Waals surface area contributed by atoms with Crippen molar-refractivity contribution in [3.05, 3.63) is 64.3 Å². The summed E-state index contributed by atoms with van der Waals surface area (Å²) in [5.74, 6) is 0. The van der Waals surface area contributed by atoms with Crippen LogP contribution in [0.1, 0.15) is 5.56 Å². The van der Waals surface area contributed by atoms with E-state index in [-0.39, 0.29) is 20.4 Å². The highest BCUT2D eigenvalue weighted by Crippen LogP contribution is 2.33. The number of benzene rings is 2. The molecule has 7 heteroatoms. The number of aromatic nitrogens is 1. The maximum Gasteiger partial charge on any atom is 0.209 e. The van der Waals surface area contributed by atoms with Crippen molar-refractivity contribution in [1.29, 1.82) is 5.26 Å². The Morgan fingerprint density at radius 1 is 1.09 bits per heavy atom. The molecule has 0 aliphatic carbocycles. The molecule has 0 spiro atoms. The van der Waals surface area contributed by atoms with E-state index in [0.717, 1.165) is 0 Å². The third kappa shape index (κ3) is 2.77. The fourth-order valence-electron chi connectivity index (χ4n) is 2.16. The lowest BCUT2D eigenvalue weighted by Crippen LogP contribution is -2.04. The van der Waals surface area contributed by atoms with Crippen molar-refractivity contribution in [2.45, 2.75) is 9.79 Å². The van der Waals surface area contributed by atoms with E-state index in [1.54, 1.807) is 18.2 Å². The molecule has 0 aliphatic rings. The molecule has 0 aliphatic heterocycles. The Morgan fingerprint density at radius 3 is 2.61 bits per heavy atom. The van der Waals surface area contributed by atoms with Crippen LogP contribution in [0.25, 0.3) is 10.9 Å². The third-order valence-corrected chi connectivity index (χ3v) is 5.81. The zero-order chi connectivity index (χ0) is 16.6. The molecule has 4 nitrogen and oxygen atoms in total. The second kappa shape index (κ2) is 5.82. The summed E-state index contributed by atoms with van der Waals surface area (Å²) < 4.78 is 25.6. The van der Waals surface area contributed by atoms with E-state index in [9.17, 15) is 8.42 Å². The summed E-state index contributed by atoms with van der Waals surface area (Å²) in [5.41, 5.74) is 0.795. The van der Waals surface area contributed by atoms with E-state index >= 15 is 0 Å². The average Bonchev–Trinajstić information content (AvgIpc) is 2.55. The monoisotopic (exact) mass is 362 g/mol. The van der Waals surface area contributed by atoms with Crippen LogP contribution in [0.4, 0.5) is 0 Å². The van der Waals surface area contributed by atoms with E-state index in [1.807, 2.05) is 6.07 Å². The van der Waals surface area contributed by atoms with Crippen molar-refractivity contribution in [1.82, 2.24) is 4.98 Å². The fourth-order valence-corrected chi connectivity index (χ4v) is 4.17. The van der Waals surface area contributed by atoms with Gasteiger partial charge in [0.2, 0.25) is 9.84 Å². The Morgan fingerprint density at radius 2 is 1.87 bits per heavy atom. The van der Waals surface area contributed by atoms with Crippen LogP contribution in [0.15, 0.2) is 58.5 Å². The molecule has 0 amide bonds. The molecule has 1 heterocycles. The maximum atomic E-state index is 12.8. The van der Waals surface area contributed by atoms with Crippen molar-refractivity contribution in [2.75, 3.05) is 0 Å². The van der Waals surface area contributed by atoms with Gasteiger partial charge < -0.3 is 0 Å². The molecule has 0 bridgehead atoms. The normalized spacial score (nSPS) is 11.3. The minimum Gasteiger partial charge on any atom is -0.255 e. The highest BCUT2D eigenvalue weighted by molar-refractivity contribution is 7.91. The number of fused-ring (bicyclic) bond motifs is 1. The first-order chi connectivity index (χ1) is 10.9. The number of sulfone groups is 1. The van der Waals surface area contributed by atoms with E-state index in [1.165, 1.54) is 30.5 Å². The molecule has 0 unspecified atom stereocenters. The fraction of sp³-hybridized carbons (Fsp3) is 0. The van der Waals surface area contributed by atoms with Gasteiger partial charge in [-0.05, 0) is 36.4 Å². The van der Waals surface area contributed by atoms with Crippen LogP contribution in [-0.2, 0) is 9.84 Å². The summed E-state index contributed by atoms with van der Waals surface area (Å²) in [5, 5.41) is 9.87. The summed E-state index contributed by atoms with van der Waals surface area (Å²) >= 11 is 12.2. The lowest BCUT2D eigenvalue weighted by molar-refractivity contribution is 0.596. The topological polar surface area (TPSA) is 70.8 Å². The third-order valence-electron chi connectivity index (χ3n) is 3.30. The predicted octanol–water partition coefficient (Wildman–Crippen LogP) is 4.25. The second-order valence-electron chi connectivity index (χ2n) is 4.74. The van der Waals surface area contributed by atoms with Gasteiger partial charge in [-0.15, -0.1) is 0 Å². The number of halogens is 2. The van der Waals surface area contributed by atoms with Gasteiger partial charge >= 0.3 is 0 Å². The van der Waals surface area contributed by atoms with Crippen molar-refractivity contribution in [2.24, 2.45) is 0 Å². The van der Waals surface area contributed by atoms with Gasteiger partial charge in [0.15, 0.2) is 0 Å². The van der Waals surface area contributed by atoms with Gasteiger partial charge in [-0.3, -0.25) is 4.98 Å². The van der Waals surface area contributed by atoms with Gasteiger partial charge in [-0.2, -0.15) is 5.26 Å². The summed E-state index contributed by atoms with van der Waals surface area (Å²) in [6, 6.07) is 12.5. The Balaban J connectivity index is 2.26. The molecule has 2 aromatic carbocycles. The molecule has 0 N–H and O–H groups in total. The van der Waals surface area contributed by atoms with Gasteiger partial charge in [0.25, 0.3) is 0 Å². The van der Waals surface area contributed by atoms with Crippen LogP contribution >= 0.6 is 23.2 Å². The van der Waals surface area contributed by atoms with Crippen LogP contribution in [-0.4, -0.2) is 13.4 Å². The van der Waals surface area contributed by atoms with Crippen LogP contribution in [0, 0.1) is 11.3 Å². The van der Waals surface area contributed by atoms with E-state index in [0.29, 0.717) is 15.9 Å². The van der Waals surface area contributed by atoms with E-state index < -0.39 is 9.84 Å². The lowest BCUT2D eigenvalue weighted by atomic mass is 10.2. The number of nitrogens with zero attached hydrogens (tertiary/aromatic N) is 2. The van der Waals surface area contributed by atoms with Crippen molar-refractivity contribution >= 4 is 43.9 Å². The lowest BCUT2D eigenvalue weighted by Gasteiger charge is -2.09. The zero-order valence-electron chi connectivity index (χ0n) is 11.5. The minimum atomic E-state index is -3.90. The quantitative estimate of drug-likeness (QED) is 0.683. The first kappa shape index (κ1) is 15.8. The Bertz CT molecular complexity index is 1070. The van der Waals surface area contributed by atoms with E-state index in [2.05, 4.69) is 4.98 Å². The maximum absolute atomic E-state index is 12.8. The second-order valence-corrected chi connectivity index (χ2v) is 7.47. The number of pyridine rings is 1. The zero-order valence-corrected chi connectivity index (χ0v) is 13.8. The van der Waals surface area contributed by atoms with Gasteiger partial charge in [0, 0.05) is 16.6 Å². The molecule has 3 aromatic rings. The molecule has 0 radical (unpaired) electrons. The first-order valence-corrected chi connectivity index (χ1v) is 8.66. The van der Waals surface area contributed by atoms with Gasteiger partial charge in [0.1, 0.15) is 4.90 Å². The summed E-state index contributed by atoms with van der Waals surface area (Å²) in [7, 11) is -3.90. The molecular weight excluding hydrogens is 355 g/mol. The molecule has 23 heavy (non-hydrogen) atoms. The summed E-state index contributed by atoms with van der Waals surface area (Å²) in [4.78, 5) is 4.00. The standard InChI is InChI=1S/C16H8Cl2N2O2S/c17-11-4-5-14-13(7-11)16(18)15(9-20-14)23(21,22)12-3-1-2-10(6-12)8-19/h1-7,9H. The van der Waals surface area contributed by atoms with Crippen LogP contribution in [0.5, 0.6) is 0 Å². The van der Waals surface area contributed by atoms with Crippen LogP contribution in [0.2, 0.25) is 10.0 Å². The molecule has 0 atom stereocenters. The highest BCUT2D eigenvalue weighted by Gasteiger charge is 2.23. The Labute approximate surface area is 142 Å². The molecule has 0 saturated heterocycles. The molecule has 0 saturated carbocycles. The SMILES string of the molecule is N#Cc1cccc(S(=O)(=O)c2cnc3ccc(Cl)cc3c2Cl)c1. The van der Waals surface area contributed by atoms with Crippen molar-refractivity contribution in [3.8, 4) is 6.07 Å². The van der Waals surface area contributed by atoms with Gasteiger partial charge in [-0.25, -0.2) is 8.42 Å².